The number of ether oxygens (including phenoxy) is 2. The lowest BCUT2D eigenvalue weighted by atomic mass is 10.1. The van der Waals surface area contributed by atoms with Crippen molar-refractivity contribution in [3.63, 3.8) is 0 Å². The number of nitrogens with zero attached hydrogens (tertiary/aromatic N) is 4. The molecule has 0 aliphatic carbocycles. The van der Waals surface area contributed by atoms with E-state index in [2.05, 4.69) is 35.8 Å². The van der Waals surface area contributed by atoms with Gasteiger partial charge in [-0.05, 0) is 37.0 Å². The summed E-state index contributed by atoms with van der Waals surface area (Å²) in [5, 5.41) is 18.2. The second kappa shape index (κ2) is 15.8. The first-order valence-electron chi connectivity index (χ1n) is 12.5. The average molecular weight is 503 g/mol. The van der Waals surface area contributed by atoms with Gasteiger partial charge >= 0.3 is 0 Å². The molecule has 1 saturated heterocycles. The lowest BCUT2D eigenvalue weighted by molar-refractivity contribution is -0.120. The fourth-order valence-corrected chi connectivity index (χ4v) is 3.65. The van der Waals surface area contributed by atoms with E-state index in [0.717, 1.165) is 37.2 Å². The number of nitrogens with one attached hydrogen (secondary N) is 3. The van der Waals surface area contributed by atoms with E-state index in [0.29, 0.717) is 63.9 Å². The minimum absolute atomic E-state index is 0.0141. The number of nitrogens with two attached hydrogens (primary N) is 1. The first-order valence-corrected chi connectivity index (χ1v) is 12.5. The van der Waals surface area contributed by atoms with Crippen molar-refractivity contribution in [3.8, 4) is 0 Å². The minimum atomic E-state index is -0.0677. The molecule has 0 saturated carbocycles. The highest BCUT2D eigenvalue weighted by Gasteiger charge is 2.16. The highest BCUT2D eigenvalue weighted by atomic mass is 16.5. The fraction of sp³-hybridized carbons (Fsp3) is 0.583. The van der Waals surface area contributed by atoms with Crippen LogP contribution in [0.3, 0.4) is 0 Å². The standard InChI is InChI=1S/C24H38N8O4/c25-8-14-35-16-17-36-15-10-26-21(34)18-19-4-6-20(7-5-19)28-23-29-22(27-9-13-33)30-24(31-23)32-11-2-1-3-12-32/h4-7,33H,1-3,8-18,25H2,(H,26,34)(H2,27,28,29,30,31). The van der Waals surface area contributed by atoms with Gasteiger partial charge in [0.05, 0.1) is 39.5 Å². The summed E-state index contributed by atoms with van der Waals surface area (Å²) in [7, 11) is 0. The Bertz CT molecular complexity index is 909. The van der Waals surface area contributed by atoms with Crippen LogP contribution in [0, 0.1) is 0 Å². The van der Waals surface area contributed by atoms with Crippen LogP contribution in [0.5, 0.6) is 0 Å². The summed E-state index contributed by atoms with van der Waals surface area (Å²) >= 11 is 0. The number of hydrogen-bond donors (Lipinski definition) is 5. The Kier molecular flexibility index (Phi) is 12.1. The molecular weight excluding hydrogens is 464 g/mol. The predicted molar refractivity (Wildman–Crippen MR) is 139 cm³/mol. The number of aromatic nitrogens is 3. The quantitative estimate of drug-likeness (QED) is 0.205. The summed E-state index contributed by atoms with van der Waals surface area (Å²) in [6.45, 7) is 5.03. The smallest absolute Gasteiger partial charge is 0.233 e. The van der Waals surface area contributed by atoms with Crippen LogP contribution in [-0.2, 0) is 20.7 Å². The van der Waals surface area contributed by atoms with Crippen LogP contribution in [0.25, 0.3) is 0 Å². The van der Waals surface area contributed by atoms with Gasteiger partial charge in [-0.15, -0.1) is 0 Å². The van der Waals surface area contributed by atoms with E-state index < -0.39 is 0 Å². The molecule has 1 aliphatic rings. The van der Waals surface area contributed by atoms with E-state index in [1.165, 1.54) is 6.42 Å². The number of carbonyl (C=O) groups is 1. The second-order valence-electron chi connectivity index (χ2n) is 8.34. The Labute approximate surface area is 212 Å². The van der Waals surface area contributed by atoms with Crippen LogP contribution in [0.15, 0.2) is 24.3 Å². The number of rotatable bonds is 16. The third kappa shape index (κ3) is 9.90. The number of carbonyl (C=O) groups excluding carboxylic acids is 1. The van der Waals surface area contributed by atoms with E-state index in [4.69, 9.17) is 20.3 Å². The van der Waals surface area contributed by atoms with E-state index in [1.807, 2.05) is 24.3 Å². The van der Waals surface area contributed by atoms with Gasteiger partial charge in [0.2, 0.25) is 23.8 Å². The van der Waals surface area contributed by atoms with Crippen LogP contribution in [-0.4, -0.2) is 91.7 Å². The molecule has 1 amide bonds. The van der Waals surface area contributed by atoms with E-state index in [-0.39, 0.29) is 18.9 Å². The molecule has 0 unspecified atom stereocenters. The van der Waals surface area contributed by atoms with Gasteiger partial charge in [0.25, 0.3) is 0 Å². The number of piperidine rings is 1. The minimum Gasteiger partial charge on any atom is -0.395 e. The van der Waals surface area contributed by atoms with Crippen LogP contribution >= 0.6 is 0 Å². The number of anilines is 4. The van der Waals surface area contributed by atoms with Crippen LogP contribution in [0.2, 0.25) is 0 Å². The summed E-state index contributed by atoms with van der Waals surface area (Å²) < 4.78 is 10.6. The van der Waals surface area contributed by atoms with Gasteiger partial charge < -0.3 is 41.2 Å². The first-order chi connectivity index (χ1) is 17.7. The summed E-state index contributed by atoms with van der Waals surface area (Å²) in [6.07, 6.45) is 3.71. The maximum absolute atomic E-state index is 12.2. The van der Waals surface area contributed by atoms with Crippen molar-refractivity contribution in [1.82, 2.24) is 20.3 Å². The van der Waals surface area contributed by atoms with E-state index in [9.17, 15) is 4.79 Å². The van der Waals surface area contributed by atoms with Crippen LogP contribution in [0.4, 0.5) is 23.5 Å². The maximum atomic E-state index is 12.2. The van der Waals surface area contributed by atoms with Crippen molar-refractivity contribution in [1.29, 1.82) is 0 Å². The molecule has 1 aromatic carbocycles. The number of benzene rings is 1. The maximum Gasteiger partial charge on any atom is 0.233 e. The molecule has 36 heavy (non-hydrogen) atoms. The molecule has 0 spiro atoms. The zero-order valence-electron chi connectivity index (χ0n) is 20.7. The number of aliphatic hydroxyl groups excluding tert-OH is 1. The van der Waals surface area contributed by atoms with Crippen LogP contribution < -0.4 is 26.6 Å². The molecule has 1 aromatic heterocycles. The molecule has 2 heterocycles. The molecule has 3 rings (SSSR count). The molecule has 12 heteroatoms. The van der Waals surface area contributed by atoms with Gasteiger partial charge in [0, 0.05) is 38.4 Å². The van der Waals surface area contributed by atoms with Gasteiger partial charge in [0.1, 0.15) is 0 Å². The van der Waals surface area contributed by atoms with Gasteiger partial charge in [-0.2, -0.15) is 15.0 Å². The lowest BCUT2D eigenvalue weighted by Crippen LogP contribution is -2.31. The van der Waals surface area contributed by atoms with Gasteiger partial charge in [-0.25, -0.2) is 0 Å². The predicted octanol–water partition coefficient (Wildman–Crippen LogP) is 0.660. The lowest BCUT2D eigenvalue weighted by Gasteiger charge is -2.27. The topological polar surface area (TPSA) is 160 Å². The molecule has 0 radical (unpaired) electrons. The molecule has 1 aliphatic heterocycles. The first kappa shape index (κ1) is 27.5. The van der Waals surface area contributed by atoms with Crippen molar-refractivity contribution in [3.05, 3.63) is 29.8 Å². The number of amides is 1. The summed E-state index contributed by atoms with van der Waals surface area (Å²) in [6, 6.07) is 7.56. The zero-order chi connectivity index (χ0) is 25.4. The third-order valence-electron chi connectivity index (χ3n) is 5.43. The van der Waals surface area contributed by atoms with Gasteiger partial charge in [0.15, 0.2) is 0 Å². The molecule has 2 aromatic rings. The van der Waals surface area contributed by atoms with Crippen LogP contribution in [0.1, 0.15) is 24.8 Å². The fourth-order valence-electron chi connectivity index (χ4n) is 3.65. The van der Waals surface area contributed by atoms with Crippen molar-refractivity contribution >= 4 is 29.4 Å². The second-order valence-corrected chi connectivity index (χ2v) is 8.34. The molecule has 0 atom stereocenters. The highest BCUT2D eigenvalue weighted by molar-refractivity contribution is 5.78. The normalized spacial score (nSPS) is 13.4. The van der Waals surface area contributed by atoms with E-state index in [1.54, 1.807) is 0 Å². The van der Waals surface area contributed by atoms with Gasteiger partial charge in [-0.1, -0.05) is 12.1 Å². The Morgan fingerprint density at radius 1 is 0.944 bits per heavy atom. The summed E-state index contributed by atoms with van der Waals surface area (Å²) in [5.74, 6) is 1.39. The average Bonchev–Trinajstić information content (AvgIpc) is 2.90. The Morgan fingerprint density at radius 2 is 1.67 bits per heavy atom. The van der Waals surface area contributed by atoms with Crippen molar-refractivity contribution in [2.24, 2.45) is 5.73 Å². The Hall–Kier alpha value is -3.06. The summed E-state index contributed by atoms with van der Waals surface area (Å²) in [4.78, 5) is 27.9. The van der Waals surface area contributed by atoms with Crippen molar-refractivity contribution < 1.29 is 19.4 Å². The van der Waals surface area contributed by atoms with Crippen molar-refractivity contribution in [2.75, 3.05) is 81.3 Å². The van der Waals surface area contributed by atoms with E-state index >= 15 is 0 Å². The molecule has 12 nitrogen and oxygen atoms in total. The Morgan fingerprint density at radius 3 is 2.39 bits per heavy atom. The summed E-state index contributed by atoms with van der Waals surface area (Å²) in [5.41, 5.74) is 7.04. The molecule has 6 N–H and O–H groups in total. The highest BCUT2D eigenvalue weighted by Crippen LogP contribution is 2.21. The van der Waals surface area contributed by atoms with Gasteiger partial charge in [-0.3, -0.25) is 4.79 Å². The molecular formula is C24H38N8O4. The SMILES string of the molecule is NCCOCCOCCNC(=O)Cc1ccc(Nc2nc(NCCO)nc(N3CCCCC3)n2)cc1. The molecule has 1 fully saturated rings. The monoisotopic (exact) mass is 502 g/mol. The Balaban J connectivity index is 1.48. The van der Waals surface area contributed by atoms with Crippen molar-refractivity contribution in [2.45, 2.75) is 25.7 Å². The zero-order valence-corrected chi connectivity index (χ0v) is 20.7. The third-order valence-corrected chi connectivity index (χ3v) is 5.43. The molecule has 198 valence electrons. The number of aliphatic hydroxyl groups is 1. The largest absolute Gasteiger partial charge is 0.395 e. The number of hydrogen-bond acceptors (Lipinski definition) is 11. The molecule has 0 bridgehead atoms.